The van der Waals surface area contributed by atoms with Gasteiger partial charge in [-0.1, -0.05) is 29.4 Å². The smallest absolute Gasteiger partial charge is 0.205 e. The molecule has 154 valence electrons. The van der Waals surface area contributed by atoms with E-state index in [4.69, 9.17) is 34.1 Å². The van der Waals surface area contributed by atoms with Gasteiger partial charge in [-0.2, -0.15) is 10.2 Å². The third-order valence-corrected chi connectivity index (χ3v) is 6.85. The zero-order valence-corrected chi connectivity index (χ0v) is 18.0. The average molecular weight is 433 g/mol. The Hall–Kier alpha value is -2.23. The molecule has 3 rings (SSSR count). The highest BCUT2D eigenvalue weighted by atomic mass is 35.5. The van der Waals surface area contributed by atoms with Crippen LogP contribution in [0, 0.1) is 18.0 Å². The molecule has 0 aliphatic carbocycles. The summed E-state index contributed by atoms with van der Waals surface area (Å²) in [6, 6.07) is 7.31. The maximum absolute atomic E-state index is 7.11. The Morgan fingerprint density at radius 3 is 2.45 bits per heavy atom. The van der Waals surface area contributed by atoms with Crippen molar-refractivity contribution in [2.24, 2.45) is 16.0 Å². The maximum Gasteiger partial charge on any atom is 0.205 e. The fourth-order valence-electron chi connectivity index (χ4n) is 3.26. The molecule has 1 aliphatic heterocycles. The highest BCUT2D eigenvalue weighted by Crippen LogP contribution is 2.40. The Morgan fingerprint density at radius 2 is 1.90 bits per heavy atom. The van der Waals surface area contributed by atoms with Crippen molar-refractivity contribution in [2.75, 3.05) is 23.7 Å². The van der Waals surface area contributed by atoms with Crippen molar-refractivity contribution in [1.82, 2.24) is 4.98 Å². The Morgan fingerprint density at radius 1 is 1.24 bits per heavy atom. The fraction of sp³-hybridized carbons (Fsp3) is 0.421. The molecule has 0 spiro atoms. The Labute approximate surface area is 179 Å². The quantitative estimate of drug-likeness (QED) is 0.466. The number of aryl methyl sites for hydroxylation is 1. The third kappa shape index (κ3) is 4.85. The van der Waals surface area contributed by atoms with Gasteiger partial charge >= 0.3 is 0 Å². The van der Waals surface area contributed by atoms with E-state index in [0.717, 1.165) is 47.1 Å². The first kappa shape index (κ1) is 21.5. The van der Waals surface area contributed by atoms with Gasteiger partial charge in [-0.3, -0.25) is 0 Å². The van der Waals surface area contributed by atoms with E-state index >= 15 is 0 Å². The van der Waals surface area contributed by atoms with E-state index in [1.165, 1.54) is 11.8 Å². The summed E-state index contributed by atoms with van der Waals surface area (Å²) in [5.41, 5.74) is 28.3. The first-order valence-corrected chi connectivity index (χ1v) is 10.4. The monoisotopic (exact) mass is 432 g/mol. The lowest BCUT2D eigenvalue weighted by Crippen LogP contribution is -2.48. The number of halogens is 1. The maximum atomic E-state index is 7.11. The van der Waals surface area contributed by atoms with Crippen LogP contribution in [0.25, 0.3) is 0 Å². The number of nitrogen functional groups attached to an aromatic ring is 1. The molecule has 29 heavy (non-hydrogen) atoms. The number of hydrogen-bond donors (Lipinski definition) is 4. The molecule has 1 saturated heterocycles. The summed E-state index contributed by atoms with van der Waals surface area (Å²) in [4.78, 5) is 8.52. The van der Waals surface area contributed by atoms with Crippen molar-refractivity contribution >= 4 is 35.0 Å². The summed E-state index contributed by atoms with van der Waals surface area (Å²) in [6.45, 7) is 5.83. The van der Waals surface area contributed by atoms with Crippen LogP contribution in [0.2, 0.25) is 5.02 Å². The topological polar surface area (TPSA) is 141 Å². The predicted octanol–water partition coefficient (Wildman–Crippen LogP) is 5.15. The normalized spacial score (nSPS) is 17.0. The number of pyridine rings is 1. The molecule has 0 bridgehead atoms. The van der Waals surface area contributed by atoms with E-state index in [1.54, 1.807) is 12.1 Å². The van der Waals surface area contributed by atoms with Gasteiger partial charge in [-0.05, 0) is 50.5 Å². The number of benzene rings is 1. The molecule has 0 unspecified atom stereocenters. The zero-order chi connectivity index (χ0) is 21.2. The molecule has 0 saturated carbocycles. The molecule has 1 fully saturated rings. The number of rotatable bonds is 6. The summed E-state index contributed by atoms with van der Waals surface area (Å²) in [7, 11) is 0. The highest BCUT2D eigenvalue weighted by molar-refractivity contribution is 7.99. The predicted molar refractivity (Wildman–Crippen MR) is 116 cm³/mol. The standard InChI is InChI=1S/C19H25ClN8S/c1-11-9-15(28-7-5-19(2,22)6-8-28)25-17(21)16(11)29-14-4-3-12(10-13(14)20)18(26-23)27-24/h3-4,9-10,18,23-24H,5-8,22H2,1-2H3,(H2,21,25). The van der Waals surface area contributed by atoms with Crippen molar-refractivity contribution in [2.45, 2.75) is 48.2 Å². The molecule has 0 atom stereocenters. The molecule has 0 radical (unpaired) electrons. The second-order valence-electron chi connectivity index (χ2n) is 7.58. The van der Waals surface area contributed by atoms with Crippen LogP contribution < -0.4 is 16.4 Å². The minimum atomic E-state index is -0.862. The fourth-order valence-corrected chi connectivity index (χ4v) is 4.44. The van der Waals surface area contributed by atoms with Crippen LogP contribution >= 0.6 is 23.4 Å². The zero-order valence-electron chi connectivity index (χ0n) is 16.4. The van der Waals surface area contributed by atoms with Crippen molar-refractivity contribution < 1.29 is 0 Å². The Kier molecular flexibility index (Phi) is 6.40. The molecule has 6 N–H and O–H groups in total. The van der Waals surface area contributed by atoms with E-state index in [9.17, 15) is 0 Å². The number of hydrogen-bond acceptors (Lipinski definition) is 9. The number of piperidine rings is 1. The second-order valence-corrected chi connectivity index (χ2v) is 9.04. The van der Waals surface area contributed by atoms with Gasteiger partial charge in [-0.25, -0.2) is 16.0 Å². The molecular formula is C19H25ClN8S. The van der Waals surface area contributed by atoms with Crippen LogP contribution in [0.1, 0.15) is 37.1 Å². The minimum Gasteiger partial charge on any atom is -0.383 e. The van der Waals surface area contributed by atoms with Gasteiger partial charge < -0.3 is 16.4 Å². The second kappa shape index (κ2) is 8.64. The van der Waals surface area contributed by atoms with Crippen LogP contribution in [-0.2, 0) is 0 Å². The van der Waals surface area contributed by atoms with Gasteiger partial charge in [0, 0.05) is 29.1 Å². The van der Waals surface area contributed by atoms with Crippen LogP contribution in [-0.4, -0.2) is 23.6 Å². The van der Waals surface area contributed by atoms with Crippen LogP contribution in [0.5, 0.6) is 0 Å². The number of nitrogens with one attached hydrogen (secondary N) is 2. The van der Waals surface area contributed by atoms with E-state index in [-0.39, 0.29) is 5.54 Å². The molecule has 1 aliphatic rings. The van der Waals surface area contributed by atoms with Crippen LogP contribution in [0.15, 0.2) is 44.3 Å². The van der Waals surface area contributed by atoms with Gasteiger partial charge in [0.1, 0.15) is 11.6 Å². The number of nitrogens with two attached hydrogens (primary N) is 2. The number of aromatic nitrogens is 1. The molecule has 10 heteroatoms. The van der Waals surface area contributed by atoms with Crippen LogP contribution in [0.4, 0.5) is 11.6 Å². The van der Waals surface area contributed by atoms with Crippen molar-refractivity contribution in [3.8, 4) is 0 Å². The van der Waals surface area contributed by atoms with E-state index in [0.29, 0.717) is 16.4 Å². The lowest BCUT2D eigenvalue weighted by molar-refractivity contribution is 0.363. The molecule has 0 amide bonds. The Balaban J connectivity index is 1.82. The molecule has 2 aromatic rings. The minimum absolute atomic E-state index is 0.116. The Bertz CT molecular complexity index is 891. The molecule has 8 nitrogen and oxygen atoms in total. The van der Waals surface area contributed by atoms with Gasteiger partial charge in [0.05, 0.1) is 9.92 Å². The SMILES string of the molecule is Cc1cc(N2CCC(C)(N)CC2)nc(N)c1Sc1ccc(C(N=N)N=N)cc1Cl. The summed E-state index contributed by atoms with van der Waals surface area (Å²) >= 11 is 7.86. The number of anilines is 2. The van der Waals surface area contributed by atoms with Gasteiger partial charge in [0.2, 0.25) is 6.17 Å². The van der Waals surface area contributed by atoms with Crippen molar-refractivity contribution in [3.05, 3.63) is 40.4 Å². The van der Waals surface area contributed by atoms with Gasteiger partial charge in [-0.15, -0.1) is 0 Å². The van der Waals surface area contributed by atoms with Crippen molar-refractivity contribution in [3.63, 3.8) is 0 Å². The van der Waals surface area contributed by atoms with E-state index in [2.05, 4.69) is 27.0 Å². The lowest BCUT2D eigenvalue weighted by atomic mass is 9.91. The first-order valence-electron chi connectivity index (χ1n) is 9.25. The molecule has 2 heterocycles. The summed E-state index contributed by atoms with van der Waals surface area (Å²) in [5.74, 6) is 1.34. The molecular weight excluding hydrogens is 408 g/mol. The highest BCUT2D eigenvalue weighted by Gasteiger charge is 2.27. The van der Waals surface area contributed by atoms with E-state index < -0.39 is 6.17 Å². The lowest BCUT2D eigenvalue weighted by Gasteiger charge is -2.37. The summed E-state index contributed by atoms with van der Waals surface area (Å²) in [6.07, 6.45) is 0.976. The van der Waals surface area contributed by atoms with Gasteiger partial charge in [0.15, 0.2) is 0 Å². The summed E-state index contributed by atoms with van der Waals surface area (Å²) < 4.78 is 0. The third-order valence-electron chi connectivity index (χ3n) is 5.11. The van der Waals surface area contributed by atoms with Crippen molar-refractivity contribution in [1.29, 1.82) is 11.1 Å². The molecule has 1 aromatic carbocycles. The van der Waals surface area contributed by atoms with E-state index in [1.807, 2.05) is 19.1 Å². The number of nitrogens with zero attached hydrogens (tertiary/aromatic N) is 4. The first-order chi connectivity index (χ1) is 13.7. The largest absolute Gasteiger partial charge is 0.383 e. The van der Waals surface area contributed by atoms with Gasteiger partial charge in [0.25, 0.3) is 0 Å². The summed E-state index contributed by atoms with van der Waals surface area (Å²) in [5, 5.41) is 7.11. The molecule has 1 aromatic heterocycles. The van der Waals surface area contributed by atoms with Crippen LogP contribution in [0.3, 0.4) is 0 Å². The average Bonchev–Trinajstić information content (AvgIpc) is 2.67.